The van der Waals surface area contributed by atoms with E-state index in [1.807, 2.05) is 0 Å². The summed E-state index contributed by atoms with van der Waals surface area (Å²) in [5, 5.41) is 13.3. The fraction of sp³-hybridized carbons (Fsp3) is 0.0667. The molecule has 0 aliphatic heterocycles. The number of alkyl halides is 2. The lowest BCUT2D eigenvalue weighted by Crippen LogP contribution is -2.01. The van der Waals surface area contributed by atoms with E-state index in [9.17, 15) is 13.9 Å². The Kier molecular flexibility index (Phi) is 3.69. The van der Waals surface area contributed by atoms with Gasteiger partial charge in [-0.15, -0.1) is 0 Å². The van der Waals surface area contributed by atoms with E-state index in [-0.39, 0.29) is 23.2 Å². The summed E-state index contributed by atoms with van der Waals surface area (Å²) in [6.07, 6.45) is 0. The number of phenolic OH excluding ortho intramolecular Hbond substituents is 1. The summed E-state index contributed by atoms with van der Waals surface area (Å²) in [4.78, 5) is 4.18. The zero-order valence-corrected chi connectivity index (χ0v) is 11.1. The van der Waals surface area contributed by atoms with Crippen LogP contribution in [0.1, 0.15) is 0 Å². The van der Waals surface area contributed by atoms with Crippen molar-refractivity contribution in [3.63, 3.8) is 0 Å². The van der Waals surface area contributed by atoms with E-state index in [1.165, 1.54) is 24.3 Å². The molecular weight excluding hydrogens is 294 g/mol. The second kappa shape index (κ2) is 5.80. The quantitative estimate of drug-likeness (QED) is 0.795. The molecule has 3 rings (SSSR count). The Bertz CT molecular complexity index is 790. The number of hydrogen-bond donors (Lipinski definition) is 1. The molecule has 3 aromatic rings. The van der Waals surface area contributed by atoms with Crippen molar-refractivity contribution in [2.24, 2.45) is 0 Å². The maximum absolute atomic E-state index is 12.2. The van der Waals surface area contributed by atoms with Crippen molar-refractivity contribution in [2.75, 3.05) is 0 Å². The Morgan fingerprint density at radius 1 is 1.05 bits per heavy atom. The minimum absolute atomic E-state index is 0.00426. The third-order valence-corrected chi connectivity index (χ3v) is 2.84. The number of ether oxygens (including phenoxy) is 1. The average Bonchev–Trinajstić information content (AvgIpc) is 2.97. The lowest BCUT2D eigenvalue weighted by molar-refractivity contribution is -0.0498. The fourth-order valence-corrected chi connectivity index (χ4v) is 1.91. The SMILES string of the molecule is Oc1cccc(-c2noc(-c3cccc(OC(F)F)c3)n2)c1. The summed E-state index contributed by atoms with van der Waals surface area (Å²) < 4.78 is 33.9. The van der Waals surface area contributed by atoms with Gasteiger partial charge in [0.05, 0.1) is 0 Å². The molecule has 1 N–H and O–H groups in total. The van der Waals surface area contributed by atoms with Crippen LogP contribution in [0.4, 0.5) is 8.78 Å². The van der Waals surface area contributed by atoms with Gasteiger partial charge in [0, 0.05) is 11.1 Å². The van der Waals surface area contributed by atoms with Gasteiger partial charge in [0.2, 0.25) is 5.82 Å². The van der Waals surface area contributed by atoms with Gasteiger partial charge >= 0.3 is 6.61 Å². The lowest BCUT2D eigenvalue weighted by atomic mass is 10.2. The molecular formula is C15H10F2N2O3. The van der Waals surface area contributed by atoms with E-state index in [4.69, 9.17) is 4.52 Å². The standard InChI is InChI=1S/C15H10F2N2O3/c16-15(17)21-12-6-2-4-10(8-12)14-18-13(19-22-14)9-3-1-5-11(20)7-9/h1-8,15,20H. The van der Waals surface area contributed by atoms with Crippen LogP contribution in [0.25, 0.3) is 22.8 Å². The summed E-state index contributed by atoms with van der Waals surface area (Å²) in [6.45, 7) is -2.90. The van der Waals surface area contributed by atoms with Crippen molar-refractivity contribution in [1.82, 2.24) is 10.1 Å². The van der Waals surface area contributed by atoms with Crippen molar-refractivity contribution in [3.05, 3.63) is 48.5 Å². The number of nitrogens with zero attached hydrogens (tertiary/aromatic N) is 2. The van der Waals surface area contributed by atoms with Crippen LogP contribution in [0.3, 0.4) is 0 Å². The molecule has 0 bridgehead atoms. The zero-order chi connectivity index (χ0) is 15.5. The minimum atomic E-state index is -2.90. The zero-order valence-electron chi connectivity index (χ0n) is 11.1. The smallest absolute Gasteiger partial charge is 0.387 e. The first-order valence-corrected chi connectivity index (χ1v) is 6.30. The van der Waals surface area contributed by atoms with Crippen LogP contribution in [0, 0.1) is 0 Å². The van der Waals surface area contributed by atoms with Crippen LogP contribution in [-0.4, -0.2) is 21.9 Å². The largest absolute Gasteiger partial charge is 0.508 e. The summed E-state index contributed by atoms with van der Waals surface area (Å²) >= 11 is 0. The van der Waals surface area contributed by atoms with Gasteiger partial charge in [0.1, 0.15) is 11.5 Å². The molecule has 0 radical (unpaired) electrons. The highest BCUT2D eigenvalue weighted by Crippen LogP contribution is 2.26. The predicted octanol–water partition coefficient (Wildman–Crippen LogP) is 3.71. The van der Waals surface area contributed by atoms with E-state index in [0.29, 0.717) is 11.1 Å². The topological polar surface area (TPSA) is 68.4 Å². The van der Waals surface area contributed by atoms with Crippen LogP contribution in [-0.2, 0) is 0 Å². The normalized spacial score (nSPS) is 10.9. The number of rotatable bonds is 4. The predicted molar refractivity (Wildman–Crippen MR) is 73.5 cm³/mol. The van der Waals surface area contributed by atoms with Crippen molar-refractivity contribution in [1.29, 1.82) is 0 Å². The molecule has 0 atom stereocenters. The molecule has 0 spiro atoms. The molecule has 0 aliphatic rings. The second-order valence-electron chi connectivity index (χ2n) is 4.38. The van der Waals surface area contributed by atoms with E-state index < -0.39 is 6.61 Å². The van der Waals surface area contributed by atoms with Crippen molar-refractivity contribution >= 4 is 0 Å². The van der Waals surface area contributed by atoms with E-state index in [0.717, 1.165) is 0 Å². The maximum Gasteiger partial charge on any atom is 0.387 e. The molecule has 1 aromatic heterocycles. The first-order chi connectivity index (χ1) is 10.6. The Labute approximate surface area is 123 Å². The second-order valence-corrected chi connectivity index (χ2v) is 4.38. The third kappa shape index (κ3) is 3.03. The molecule has 7 heteroatoms. The van der Waals surface area contributed by atoms with Crippen LogP contribution < -0.4 is 4.74 Å². The van der Waals surface area contributed by atoms with Gasteiger partial charge in [0.25, 0.3) is 5.89 Å². The summed E-state index contributed by atoms with van der Waals surface area (Å²) in [5.41, 5.74) is 1.03. The monoisotopic (exact) mass is 304 g/mol. The number of benzene rings is 2. The minimum Gasteiger partial charge on any atom is -0.508 e. The van der Waals surface area contributed by atoms with Gasteiger partial charge in [-0.25, -0.2) is 0 Å². The highest BCUT2D eigenvalue weighted by Gasteiger charge is 2.12. The fourth-order valence-electron chi connectivity index (χ4n) is 1.91. The molecule has 0 saturated carbocycles. The van der Waals surface area contributed by atoms with E-state index >= 15 is 0 Å². The highest BCUT2D eigenvalue weighted by molar-refractivity contribution is 5.61. The van der Waals surface area contributed by atoms with Crippen LogP contribution in [0.15, 0.2) is 53.1 Å². The molecule has 2 aromatic carbocycles. The lowest BCUT2D eigenvalue weighted by Gasteiger charge is -2.04. The van der Waals surface area contributed by atoms with Crippen molar-refractivity contribution < 1.29 is 23.1 Å². The van der Waals surface area contributed by atoms with E-state index in [2.05, 4.69) is 14.9 Å². The Balaban J connectivity index is 1.91. The number of phenols is 1. The molecule has 0 saturated heterocycles. The third-order valence-electron chi connectivity index (χ3n) is 2.84. The number of halogens is 2. The van der Waals surface area contributed by atoms with E-state index in [1.54, 1.807) is 24.3 Å². The molecule has 0 fully saturated rings. The molecule has 0 amide bonds. The van der Waals surface area contributed by atoms with Gasteiger partial charge in [-0.1, -0.05) is 23.4 Å². The number of aromatic nitrogens is 2. The van der Waals surface area contributed by atoms with Gasteiger partial charge in [0.15, 0.2) is 0 Å². The van der Waals surface area contributed by atoms with Crippen molar-refractivity contribution in [3.8, 4) is 34.3 Å². The first-order valence-electron chi connectivity index (χ1n) is 6.30. The van der Waals surface area contributed by atoms with Crippen LogP contribution in [0.2, 0.25) is 0 Å². The Morgan fingerprint density at radius 2 is 1.82 bits per heavy atom. The maximum atomic E-state index is 12.2. The molecule has 0 unspecified atom stereocenters. The first kappa shape index (κ1) is 14.0. The Hall–Kier alpha value is -2.96. The molecule has 5 nitrogen and oxygen atoms in total. The summed E-state index contributed by atoms with van der Waals surface area (Å²) in [7, 11) is 0. The summed E-state index contributed by atoms with van der Waals surface area (Å²) in [5.74, 6) is 0.532. The summed E-state index contributed by atoms with van der Waals surface area (Å²) in [6, 6.07) is 12.3. The molecule has 1 heterocycles. The number of hydrogen-bond acceptors (Lipinski definition) is 5. The van der Waals surface area contributed by atoms with Crippen LogP contribution in [0.5, 0.6) is 11.5 Å². The van der Waals surface area contributed by atoms with Gasteiger partial charge in [-0.2, -0.15) is 13.8 Å². The molecule has 0 aliphatic carbocycles. The molecule has 112 valence electrons. The van der Waals surface area contributed by atoms with Gasteiger partial charge in [-0.05, 0) is 30.3 Å². The highest BCUT2D eigenvalue weighted by atomic mass is 19.3. The Morgan fingerprint density at radius 3 is 2.59 bits per heavy atom. The molecule has 22 heavy (non-hydrogen) atoms. The van der Waals surface area contributed by atoms with Crippen LogP contribution >= 0.6 is 0 Å². The van der Waals surface area contributed by atoms with Gasteiger partial charge in [-0.3, -0.25) is 0 Å². The number of aromatic hydroxyl groups is 1. The van der Waals surface area contributed by atoms with Gasteiger partial charge < -0.3 is 14.4 Å². The van der Waals surface area contributed by atoms with Crippen molar-refractivity contribution in [2.45, 2.75) is 6.61 Å². The average molecular weight is 304 g/mol.